The molecule has 0 amide bonds. The zero-order chi connectivity index (χ0) is 22.0. The van der Waals surface area contributed by atoms with Crippen molar-refractivity contribution in [3.63, 3.8) is 0 Å². The molecule has 31 heavy (non-hydrogen) atoms. The molecule has 3 aromatic rings. The number of carbonyl (C=O) groups excluding carboxylic acids is 1. The predicted octanol–water partition coefficient (Wildman–Crippen LogP) is 5.74. The summed E-state index contributed by atoms with van der Waals surface area (Å²) in [6, 6.07) is 13.9. The van der Waals surface area contributed by atoms with E-state index in [2.05, 4.69) is 54.6 Å². The molecule has 0 fully saturated rings. The van der Waals surface area contributed by atoms with Crippen molar-refractivity contribution in [2.45, 2.75) is 40.5 Å². The summed E-state index contributed by atoms with van der Waals surface area (Å²) in [5.74, 6) is 2.20. The van der Waals surface area contributed by atoms with Crippen molar-refractivity contribution in [3.8, 4) is 5.75 Å². The van der Waals surface area contributed by atoms with E-state index in [1.807, 2.05) is 31.2 Å². The van der Waals surface area contributed by atoms with Crippen molar-refractivity contribution >= 4 is 28.9 Å². The zero-order valence-corrected chi connectivity index (χ0v) is 18.5. The first kappa shape index (κ1) is 20.8. The Labute approximate surface area is 183 Å². The highest BCUT2D eigenvalue weighted by Crippen LogP contribution is 2.32. The van der Waals surface area contributed by atoms with Gasteiger partial charge in [-0.1, -0.05) is 13.0 Å². The molecule has 1 aromatic heterocycles. The highest BCUT2D eigenvalue weighted by molar-refractivity contribution is 6.03. The van der Waals surface area contributed by atoms with E-state index in [-0.39, 0.29) is 11.7 Å². The van der Waals surface area contributed by atoms with E-state index < -0.39 is 0 Å². The lowest BCUT2D eigenvalue weighted by molar-refractivity contribution is 0.0953. The van der Waals surface area contributed by atoms with E-state index in [1.54, 1.807) is 0 Å². The lowest BCUT2D eigenvalue weighted by Gasteiger charge is -2.23. The normalized spacial score (nSPS) is 15.4. The number of ketones is 1. The van der Waals surface area contributed by atoms with Crippen LogP contribution in [-0.4, -0.2) is 22.4 Å². The summed E-state index contributed by atoms with van der Waals surface area (Å²) in [6.07, 6.45) is 1.27. The highest BCUT2D eigenvalue weighted by Gasteiger charge is 2.28. The first-order valence-corrected chi connectivity index (χ1v) is 10.7. The van der Waals surface area contributed by atoms with Gasteiger partial charge in [-0.05, 0) is 80.6 Å². The number of ether oxygens (including phenoxy) is 1. The Morgan fingerprint density at radius 3 is 2.35 bits per heavy atom. The van der Waals surface area contributed by atoms with Gasteiger partial charge < -0.3 is 15.4 Å². The minimum atomic E-state index is 0.0910. The molecule has 1 atom stereocenters. The van der Waals surface area contributed by atoms with Gasteiger partial charge in [0.25, 0.3) is 0 Å². The lowest BCUT2D eigenvalue weighted by Crippen LogP contribution is -2.22. The third-order valence-electron chi connectivity index (χ3n) is 5.24. The second-order valence-corrected chi connectivity index (χ2v) is 8.24. The number of aryl methyl sites for hydroxylation is 2. The Balaban J connectivity index is 1.70. The number of nitrogens with zero attached hydrogens (tertiary/aromatic N) is 2. The summed E-state index contributed by atoms with van der Waals surface area (Å²) in [6.45, 7) is 8.78. The smallest absolute Gasteiger partial charge is 0.229 e. The van der Waals surface area contributed by atoms with Crippen LogP contribution in [0.15, 0.2) is 42.5 Å². The summed E-state index contributed by atoms with van der Waals surface area (Å²) in [4.78, 5) is 22.2. The summed E-state index contributed by atoms with van der Waals surface area (Å²) >= 11 is 0. The summed E-state index contributed by atoms with van der Waals surface area (Å²) < 4.78 is 5.51. The van der Waals surface area contributed by atoms with Gasteiger partial charge in [0.2, 0.25) is 5.95 Å². The van der Waals surface area contributed by atoms with E-state index in [0.717, 1.165) is 40.4 Å². The van der Waals surface area contributed by atoms with E-state index in [4.69, 9.17) is 9.72 Å². The number of aromatic nitrogens is 2. The van der Waals surface area contributed by atoms with Gasteiger partial charge in [0.1, 0.15) is 11.6 Å². The van der Waals surface area contributed by atoms with Gasteiger partial charge in [-0.25, -0.2) is 4.98 Å². The molecule has 1 heterocycles. The molecule has 4 rings (SSSR count). The predicted molar refractivity (Wildman–Crippen MR) is 124 cm³/mol. The maximum atomic E-state index is 12.9. The molecular weight excluding hydrogens is 388 g/mol. The fourth-order valence-corrected chi connectivity index (χ4v) is 4.03. The van der Waals surface area contributed by atoms with Gasteiger partial charge in [0.05, 0.1) is 17.9 Å². The Morgan fingerprint density at radius 2 is 1.68 bits per heavy atom. The van der Waals surface area contributed by atoms with Crippen molar-refractivity contribution in [2.75, 3.05) is 17.2 Å². The van der Waals surface area contributed by atoms with Crippen LogP contribution >= 0.6 is 0 Å². The van der Waals surface area contributed by atoms with Gasteiger partial charge in [-0.15, -0.1) is 0 Å². The van der Waals surface area contributed by atoms with Crippen LogP contribution in [0.3, 0.4) is 0 Å². The molecule has 0 bridgehead atoms. The molecule has 0 saturated heterocycles. The molecule has 2 aromatic carbocycles. The van der Waals surface area contributed by atoms with Crippen molar-refractivity contribution in [1.82, 2.24) is 9.97 Å². The van der Waals surface area contributed by atoms with E-state index >= 15 is 0 Å². The van der Waals surface area contributed by atoms with E-state index in [1.165, 1.54) is 0 Å². The van der Waals surface area contributed by atoms with Crippen molar-refractivity contribution < 1.29 is 9.53 Å². The third kappa shape index (κ3) is 4.85. The molecular formula is C25H28N4O2. The number of fused-ring (bicyclic) bond motifs is 1. The van der Waals surface area contributed by atoms with Gasteiger partial charge in [0, 0.05) is 17.8 Å². The Morgan fingerprint density at radius 1 is 0.968 bits per heavy atom. The number of hydrogen-bond acceptors (Lipinski definition) is 6. The van der Waals surface area contributed by atoms with Crippen LogP contribution in [0.2, 0.25) is 0 Å². The number of hydrogen-bond donors (Lipinski definition) is 2. The van der Waals surface area contributed by atoms with Crippen molar-refractivity contribution in [3.05, 3.63) is 64.8 Å². The molecule has 6 heteroatoms. The minimum Gasteiger partial charge on any atom is -0.494 e. The minimum absolute atomic E-state index is 0.0910. The first-order chi connectivity index (χ1) is 14.9. The van der Waals surface area contributed by atoms with Gasteiger partial charge in [0.15, 0.2) is 5.78 Å². The SMILES string of the molecule is CCOc1ccc(Nc2nc3c(c(Nc4cc(C)cc(C)c4)n2)C(=O)CC(C)C3)cc1. The Hall–Kier alpha value is -3.41. The van der Waals surface area contributed by atoms with Crippen LogP contribution < -0.4 is 15.4 Å². The van der Waals surface area contributed by atoms with Crippen molar-refractivity contribution in [1.29, 1.82) is 0 Å². The van der Waals surface area contributed by atoms with Crippen molar-refractivity contribution in [2.24, 2.45) is 5.92 Å². The molecule has 6 nitrogen and oxygen atoms in total. The number of benzene rings is 2. The van der Waals surface area contributed by atoms with E-state index in [9.17, 15) is 4.79 Å². The summed E-state index contributed by atoms with van der Waals surface area (Å²) in [5, 5.41) is 6.65. The molecule has 1 aliphatic rings. The maximum absolute atomic E-state index is 12.9. The third-order valence-corrected chi connectivity index (χ3v) is 5.24. The van der Waals surface area contributed by atoms with Gasteiger partial charge in [-0.3, -0.25) is 4.79 Å². The number of nitrogens with one attached hydrogen (secondary N) is 2. The van der Waals surface area contributed by atoms with Gasteiger partial charge in [-0.2, -0.15) is 4.98 Å². The topological polar surface area (TPSA) is 76.1 Å². The second kappa shape index (κ2) is 8.76. The quantitative estimate of drug-likeness (QED) is 0.533. The molecule has 1 unspecified atom stereocenters. The largest absolute Gasteiger partial charge is 0.494 e. The van der Waals surface area contributed by atoms with Crippen LogP contribution in [0.25, 0.3) is 0 Å². The number of rotatable bonds is 6. The number of carbonyl (C=O) groups is 1. The standard InChI is InChI=1S/C25H28N4O2/c1-5-31-20-8-6-18(7-9-20)27-25-28-21-13-17(4)14-22(30)23(21)24(29-25)26-19-11-15(2)10-16(3)12-19/h6-12,17H,5,13-14H2,1-4H3,(H2,26,27,28,29). The summed E-state index contributed by atoms with van der Waals surface area (Å²) in [5.41, 5.74) is 5.47. The molecule has 0 spiro atoms. The highest BCUT2D eigenvalue weighted by atomic mass is 16.5. The second-order valence-electron chi connectivity index (χ2n) is 8.24. The van der Waals surface area contributed by atoms with Crippen LogP contribution in [0, 0.1) is 19.8 Å². The molecule has 1 aliphatic carbocycles. The van der Waals surface area contributed by atoms with Gasteiger partial charge >= 0.3 is 0 Å². The molecule has 0 saturated carbocycles. The molecule has 2 N–H and O–H groups in total. The van der Waals surface area contributed by atoms with Crippen LogP contribution in [-0.2, 0) is 6.42 Å². The van der Waals surface area contributed by atoms with Crippen LogP contribution in [0.4, 0.5) is 23.1 Å². The number of Topliss-reactive ketones (excluding diaryl/α,β-unsaturated/α-hetero) is 1. The van der Waals surface area contributed by atoms with E-state index in [0.29, 0.717) is 30.4 Å². The fourth-order valence-electron chi connectivity index (χ4n) is 4.03. The van der Waals surface area contributed by atoms with Crippen LogP contribution in [0.5, 0.6) is 5.75 Å². The Bertz CT molecular complexity index is 1090. The maximum Gasteiger partial charge on any atom is 0.229 e. The molecule has 160 valence electrons. The molecule has 0 radical (unpaired) electrons. The summed E-state index contributed by atoms with van der Waals surface area (Å²) in [7, 11) is 0. The average Bonchev–Trinajstić information content (AvgIpc) is 2.68. The molecule has 0 aliphatic heterocycles. The fraction of sp³-hybridized carbons (Fsp3) is 0.320. The lowest BCUT2D eigenvalue weighted by atomic mass is 9.87. The Kier molecular flexibility index (Phi) is 5.89. The number of anilines is 4. The first-order valence-electron chi connectivity index (χ1n) is 10.7. The average molecular weight is 417 g/mol. The monoisotopic (exact) mass is 416 g/mol. The zero-order valence-electron chi connectivity index (χ0n) is 18.5. The van der Waals surface area contributed by atoms with Crippen LogP contribution in [0.1, 0.15) is 47.4 Å².